The molecule has 2 aromatic carbocycles. The third-order valence-electron chi connectivity index (χ3n) is 2.64. The van der Waals surface area contributed by atoms with Crippen LogP contribution in [0.4, 0.5) is 0 Å². The second-order valence-corrected chi connectivity index (χ2v) is 4.90. The summed E-state index contributed by atoms with van der Waals surface area (Å²) in [6, 6.07) is 13.7. The summed E-state index contributed by atoms with van der Waals surface area (Å²) in [5.41, 5.74) is 1.61. The quantitative estimate of drug-likeness (QED) is 0.620. The minimum Gasteiger partial charge on any atom is -0.276 e. The molecule has 4 heteroatoms. The van der Waals surface area contributed by atoms with Crippen molar-refractivity contribution in [2.45, 2.75) is 0 Å². The lowest BCUT2D eigenvalue weighted by atomic mass is 10.1. The number of carbonyl (C=O) groups is 2. The van der Waals surface area contributed by atoms with Crippen LogP contribution < -0.4 is 0 Å². The van der Waals surface area contributed by atoms with Crippen LogP contribution in [0.5, 0.6) is 0 Å². The highest BCUT2D eigenvalue weighted by Gasteiger charge is 2.09. The molecule has 2 aromatic rings. The Bertz CT molecular complexity index is 815. The highest BCUT2D eigenvalue weighted by atomic mass is 35.5. The fourth-order valence-electron chi connectivity index (χ4n) is 1.66. The van der Waals surface area contributed by atoms with Crippen LogP contribution in [0.2, 0.25) is 0 Å². The van der Waals surface area contributed by atoms with Gasteiger partial charge in [0.25, 0.3) is 10.5 Å². The third-order valence-corrected chi connectivity index (χ3v) is 3.07. The van der Waals surface area contributed by atoms with E-state index in [-0.39, 0.29) is 11.1 Å². The number of hydrogen-bond acceptors (Lipinski definition) is 2. The maximum atomic E-state index is 11.2. The van der Waals surface area contributed by atoms with E-state index in [0.717, 1.165) is 5.56 Å². The molecule has 0 unspecified atom stereocenters. The lowest BCUT2D eigenvalue weighted by Crippen LogP contribution is -1.96. The van der Waals surface area contributed by atoms with Crippen molar-refractivity contribution >= 4 is 33.7 Å². The van der Waals surface area contributed by atoms with Gasteiger partial charge in [-0.15, -0.1) is 0 Å². The predicted molar refractivity (Wildman–Crippen MR) is 87.0 cm³/mol. The van der Waals surface area contributed by atoms with Crippen LogP contribution in [0, 0.1) is 23.7 Å². The Balaban J connectivity index is 2.31. The Hall–Kier alpha value is -2.52. The maximum Gasteiger partial charge on any atom is 0.252 e. The highest BCUT2D eigenvalue weighted by Crippen LogP contribution is 2.14. The lowest BCUT2D eigenvalue weighted by molar-refractivity contribution is 0.108. The predicted octanol–water partition coefficient (Wildman–Crippen LogP) is 3.85. The molecule has 0 amide bonds. The van der Waals surface area contributed by atoms with Gasteiger partial charge < -0.3 is 0 Å². The molecule has 0 aliphatic rings. The van der Waals surface area contributed by atoms with Crippen molar-refractivity contribution in [1.29, 1.82) is 0 Å². The highest BCUT2D eigenvalue weighted by molar-refractivity contribution is 6.69. The van der Waals surface area contributed by atoms with E-state index < -0.39 is 10.5 Å². The molecule has 0 N–H and O–H groups in total. The molecule has 0 saturated heterocycles. The van der Waals surface area contributed by atoms with Gasteiger partial charge in [0, 0.05) is 22.3 Å². The first-order valence-corrected chi connectivity index (χ1v) is 6.93. The van der Waals surface area contributed by atoms with Crippen LogP contribution in [0.3, 0.4) is 0 Å². The Morgan fingerprint density at radius 2 is 1.23 bits per heavy atom. The molecule has 2 nitrogen and oxygen atoms in total. The lowest BCUT2D eigenvalue weighted by Gasteiger charge is -1.99. The van der Waals surface area contributed by atoms with E-state index in [4.69, 9.17) is 23.2 Å². The minimum absolute atomic E-state index is 0.161. The van der Waals surface area contributed by atoms with Crippen LogP contribution in [0.1, 0.15) is 31.8 Å². The topological polar surface area (TPSA) is 34.1 Å². The molecule has 0 spiro atoms. The standard InChI is InChI=1S/C18H8Cl2O2/c19-17(21)15-10-14(11-16(12-15)18(20)22)9-5-4-8-13-6-2-1-3-7-13/h1-3,6-7,10-12H. The molecular weight excluding hydrogens is 319 g/mol. The van der Waals surface area contributed by atoms with E-state index in [2.05, 4.69) is 23.7 Å². The Morgan fingerprint density at radius 3 is 1.73 bits per heavy atom. The molecule has 0 radical (unpaired) electrons. The molecule has 22 heavy (non-hydrogen) atoms. The molecule has 0 atom stereocenters. The van der Waals surface area contributed by atoms with Crippen molar-refractivity contribution in [3.05, 3.63) is 70.8 Å². The molecule has 0 aliphatic heterocycles. The van der Waals surface area contributed by atoms with Crippen molar-refractivity contribution in [3.8, 4) is 23.7 Å². The van der Waals surface area contributed by atoms with Gasteiger partial charge in [0.05, 0.1) is 0 Å². The molecule has 0 bridgehead atoms. The van der Waals surface area contributed by atoms with Crippen molar-refractivity contribution < 1.29 is 9.59 Å². The molecular formula is C18H8Cl2O2. The van der Waals surface area contributed by atoms with E-state index in [1.807, 2.05) is 30.3 Å². The largest absolute Gasteiger partial charge is 0.276 e. The summed E-state index contributed by atoms with van der Waals surface area (Å²) in [5.74, 6) is 11.0. The molecule has 0 aliphatic carbocycles. The van der Waals surface area contributed by atoms with E-state index in [1.54, 1.807) is 0 Å². The van der Waals surface area contributed by atoms with Crippen LogP contribution in [0.25, 0.3) is 0 Å². The molecule has 0 heterocycles. The van der Waals surface area contributed by atoms with Crippen molar-refractivity contribution in [3.63, 3.8) is 0 Å². The molecule has 2 rings (SSSR count). The van der Waals surface area contributed by atoms with Crippen LogP contribution >= 0.6 is 23.2 Å². The fourth-order valence-corrected chi connectivity index (χ4v) is 1.87. The van der Waals surface area contributed by atoms with E-state index in [9.17, 15) is 9.59 Å². The summed E-state index contributed by atoms with van der Waals surface area (Å²) in [4.78, 5) is 22.4. The summed E-state index contributed by atoms with van der Waals surface area (Å²) in [6.45, 7) is 0. The number of carbonyl (C=O) groups excluding carboxylic acids is 2. The van der Waals surface area contributed by atoms with Gasteiger partial charge in [0.1, 0.15) is 0 Å². The minimum atomic E-state index is -0.682. The zero-order chi connectivity index (χ0) is 15.9. The summed E-state index contributed by atoms with van der Waals surface area (Å²) in [5, 5.41) is -1.36. The number of benzene rings is 2. The van der Waals surface area contributed by atoms with E-state index in [1.165, 1.54) is 18.2 Å². The fraction of sp³-hybridized carbons (Fsp3) is 0. The Labute approximate surface area is 138 Å². The van der Waals surface area contributed by atoms with Gasteiger partial charge >= 0.3 is 0 Å². The molecule has 0 saturated carbocycles. The maximum absolute atomic E-state index is 11.2. The first-order chi connectivity index (χ1) is 10.6. The van der Waals surface area contributed by atoms with Gasteiger partial charge in [-0.25, -0.2) is 0 Å². The van der Waals surface area contributed by atoms with Gasteiger partial charge in [0.2, 0.25) is 0 Å². The second-order valence-electron chi connectivity index (χ2n) is 4.21. The smallest absolute Gasteiger partial charge is 0.252 e. The average molecular weight is 327 g/mol. The van der Waals surface area contributed by atoms with Crippen LogP contribution in [-0.2, 0) is 0 Å². The molecule has 106 valence electrons. The van der Waals surface area contributed by atoms with Gasteiger partial charge in [-0.2, -0.15) is 0 Å². The van der Waals surface area contributed by atoms with Crippen LogP contribution in [0.15, 0.2) is 48.5 Å². The Kier molecular flexibility index (Phi) is 5.39. The number of halogens is 2. The zero-order valence-electron chi connectivity index (χ0n) is 11.2. The summed E-state index contributed by atoms with van der Waals surface area (Å²) >= 11 is 10.8. The first-order valence-electron chi connectivity index (χ1n) is 6.18. The van der Waals surface area contributed by atoms with Crippen LogP contribution in [-0.4, -0.2) is 10.5 Å². The molecule has 0 fully saturated rings. The third kappa shape index (κ3) is 4.50. The van der Waals surface area contributed by atoms with Gasteiger partial charge in [-0.3, -0.25) is 9.59 Å². The van der Waals surface area contributed by atoms with E-state index >= 15 is 0 Å². The summed E-state index contributed by atoms with van der Waals surface area (Å²) < 4.78 is 0. The SMILES string of the molecule is O=C(Cl)c1cc(C#CC#Cc2ccccc2)cc(C(=O)Cl)c1. The number of hydrogen-bond donors (Lipinski definition) is 0. The molecule has 0 aromatic heterocycles. The average Bonchev–Trinajstić information content (AvgIpc) is 2.52. The van der Waals surface area contributed by atoms with Gasteiger partial charge in [0.15, 0.2) is 0 Å². The summed E-state index contributed by atoms with van der Waals surface area (Å²) in [6.07, 6.45) is 0. The van der Waals surface area contributed by atoms with Gasteiger partial charge in [-0.05, 0) is 65.4 Å². The van der Waals surface area contributed by atoms with E-state index in [0.29, 0.717) is 5.56 Å². The second kappa shape index (κ2) is 7.48. The zero-order valence-corrected chi connectivity index (χ0v) is 12.7. The normalized spacial score (nSPS) is 9.00. The van der Waals surface area contributed by atoms with Crippen molar-refractivity contribution in [2.75, 3.05) is 0 Å². The first kappa shape index (κ1) is 15.9. The monoisotopic (exact) mass is 326 g/mol. The number of rotatable bonds is 2. The van der Waals surface area contributed by atoms with Crippen molar-refractivity contribution in [2.24, 2.45) is 0 Å². The van der Waals surface area contributed by atoms with Gasteiger partial charge in [-0.1, -0.05) is 30.0 Å². The van der Waals surface area contributed by atoms with Crippen molar-refractivity contribution in [1.82, 2.24) is 0 Å². The Morgan fingerprint density at radius 1 is 0.727 bits per heavy atom. The summed E-state index contributed by atoms with van der Waals surface area (Å²) in [7, 11) is 0.